The highest BCUT2D eigenvalue weighted by atomic mass is 16.6. The van der Waals surface area contributed by atoms with Gasteiger partial charge in [-0.05, 0) is 31.5 Å². The average molecular weight is 293 g/mol. The number of carbonyl (C=O) groups is 1. The number of methoxy groups -OCH3 is 1. The summed E-state index contributed by atoms with van der Waals surface area (Å²) in [6.45, 7) is 2.06. The molecule has 0 radical (unpaired) electrons. The van der Waals surface area contributed by atoms with E-state index in [1.165, 1.54) is 13.2 Å². The van der Waals surface area contributed by atoms with Crippen molar-refractivity contribution in [2.24, 2.45) is 5.92 Å². The van der Waals surface area contributed by atoms with Crippen LogP contribution in [0.1, 0.15) is 18.4 Å². The number of nitro benzene ring substituents is 1. The first-order valence-electron chi connectivity index (χ1n) is 6.85. The molecule has 1 fully saturated rings. The normalized spacial score (nSPS) is 16.6. The lowest BCUT2D eigenvalue weighted by atomic mass is 9.96. The van der Waals surface area contributed by atoms with Gasteiger partial charge in [0.1, 0.15) is 5.69 Å². The number of nitrogen functional groups attached to an aromatic ring is 1. The number of likely N-dealkylation sites (tertiary alicyclic amines) is 1. The summed E-state index contributed by atoms with van der Waals surface area (Å²) < 4.78 is 4.75. The maximum Gasteiger partial charge on any atom is 0.308 e. The fourth-order valence-corrected chi connectivity index (χ4v) is 2.63. The monoisotopic (exact) mass is 293 g/mol. The SMILES string of the molecule is COC(=O)C1CCN(Cc2cccc([N+](=O)[O-])c2N)CC1. The second kappa shape index (κ2) is 6.53. The summed E-state index contributed by atoms with van der Waals surface area (Å²) in [4.78, 5) is 24.0. The summed E-state index contributed by atoms with van der Waals surface area (Å²) in [5, 5.41) is 10.9. The molecule has 114 valence electrons. The number of carbonyl (C=O) groups excluding carboxylic acids is 1. The molecule has 21 heavy (non-hydrogen) atoms. The Kier molecular flexibility index (Phi) is 4.74. The molecule has 1 aliphatic rings. The molecule has 0 unspecified atom stereocenters. The lowest BCUT2D eigenvalue weighted by molar-refractivity contribution is -0.384. The van der Waals surface area contributed by atoms with E-state index in [4.69, 9.17) is 10.5 Å². The van der Waals surface area contributed by atoms with Gasteiger partial charge in [-0.25, -0.2) is 0 Å². The Labute approximate surface area is 122 Å². The molecule has 7 heteroatoms. The number of piperidine rings is 1. The van der Waals surface area contributed by atoms with Gasteiger partial charge in [0.25, 0.3) is 5.69 Å². The third kappa shape index (κ3) is 3.49. The minimum Gasteiger partial charge on any atom is -0.469 e. The molecule has 2 N–H and O–H groups in total. The van der Waals surface area contributed by atoms with Crippen molar-refractivity contribution in [1.82, 2.24) is 4.90 Å². The molecule has 0 amide bonds. The maximum absolute atomic E-state index is 11.5. The Morgan fingerprint density at radius 3 is 2.71 bits per heavy atom. The largest absolute Gasteiger partial charge is 0.469 e. The number of nitro groups is 1. The third-order valence-corrected chi connectivity index (χ3v) is 3.89. The Morgan fingerprint density at radius 2 is 2.14 bits per heavy atom. The quantitative estimate of drug-likeness (QED) is 0.391. The van der Waals surface area contributed by atoms with Crippen LogP contribution in [0.3, 0.4) is 0 Å². The van der Waals surface area contributed by atoms with Gasteiger partial charge < -0.3 is 10.5 Å². The first kappa shape index (κ1) is 15.2. The zero-order valence-electron chi connectivity index (χ0n) is 11.9. The summed E-state index contributed by atoms with van der Waals surface area (Å²) in [7, 11) is 1.40. The van der Waals surface area contributed by atoms with Crippen LogP contribution in [0.2, 0.25) is 0 Å². The van der Waals surface area contributed by atoms with Crippen LogP contribution in [0.5, 0.6) is 0 Å². The molecular formula is C14H19N3O4. The molecule has 1 saturated heterocycles. The topological polar surface area (TPSA) is 98.7 Å². The molecule has 0 saturated carbocycles. The van der Waals surface area contributed by atoms with Crippen molar-refractivity contribution in [3.8, 4) is 0 Å². The van der Waals surface area contributed by atoms with Crippen molar-refractivity contribution in [3.63, 3.8) is 0 Å². The first-order chi connectivity index (χ1) is 10.0. The van der Waals surface area contributed by atoms with E-state index in [1.807, 2.05) is 0 Å². The zero-order chi connectivity index (χ0) is 15.4. The van der Waals surface area contributed by atoms with Gasteiger partial charge in [-0.15, -0.1) is 0 Å². The molecule has 7 nitrogen and oxygen atoms in total. The Hall–Kier alpha value is -2.15. The smallest absolute Gasteiger partial charge is 0.308 e. The molecule has 1 aromatic rings. The maximum atomic E-state index is 11.5. The molecule has 1 heterocycles. The van der Waals surface area contributed by atoms with E-state index in [0.717, 1.165) is 31.5 Å². The predicted octanol–water partition coefficient (Wildman–Crippen LogP) is 1.56. The van der Waals surface area contributed by atoms with Gasteiger partial charge in [-0.2, -0.15) is 0 Å². The molecule has 0 aromatic heterocycles. The number of nitrogens with zero attached hydrogens (tertiary/aromatic N) is 2. The second-order valence-corrected chi connectivity index (χ2v) is 5.18. The number of esters is 1. The molecular weight excluding hydrogens is 274 g/mol. The number of anilines is 1. The van der Waals surface area contributed by atoms with Crippen LogP contribution in [0.4, 0.5) is 11.4 Å². The van der Waals surface area contributed by atoms with Crippen LogP contribution < -0.4 is 5.73 Å². The number of benzene rings is 1. The number of hydrogen-bond donors (Lipinski definition) is 1. The number of rotatable bonds is 4. The van der Waals surface area contributed by atoms with Crippen LogP contribution in [-0.2, 0) is 16.1 Å². The minimum absolute atomic E-state index is 0.0475. The second-order valence-electron chi connectivity index (χ2n) is 5.18. The van der Waals surface area contributed by atoms with Crippen LogP contribution in [0.25, 0.3) is 0 Å². The number of para-hydroxylation sites is 1. The number of nitrogens with two attached hydrogens (primary N) is 1. The van der Waals surface area contributed by atoms with Crippen molar-refractivity contribution < 1.29 is 14.5 Å². The van der Waals surface area contributed by atoms with Gasteiger partial charge in [0.2, 0.25) is 0 Å². The molecule has 0 atom stereocenters. The third-order valence-electron chi connectivity index (χ3n) is 3.89. The molecule has 0 spiro atoms. The van der Waals surface area contributed by atoms with Crippen LogP contribution >= 0.6 is 0 Å². The minimum atomic E-state index is -0.470. The highest BCUT2D eigenvalue weighted by molar-refractivity contribution is 5.72. The average Bonchev–Trinajstić information content (AvgIpc) is 2.49. The summed E-state index contributed by atoms with van der Waals surface area (Å²) in [5.41, 5.74) is 6.77. The van der Waals surface area contributed by atoms with E-state index < -0.39 is 4.92 Å². The predicted molar refractivity (Wildman–Crippen MR) is 77.5 cm³/mol. The number of hydrogen-bond acceptors (Lipinski definition) is 6. The van der Waals surface area contributed by atoms with Crippen molar-refractivity contribution in [1.29, 1.82) is 0 Å². The van der Waals surface area contributed by atoms with Gasteiger partial charge in [-0.1, -0.05) is 12.1 Å². The van der Waals surface area contributed by atoms with E-state index in [1.54, 1.807) is 12.1 Å². The molecule has 0 bridgehead atoms. The van der Waals surface area contributed by atoms with Gasteiger partial charge in [-0.3, -0.25) is 19.8 Å². The van der Waals surface area contributed by atoms with Crippen LogP contribution in [0.15, 0.2) is 18.2 Å². The van der Waals surface area contributed by atoms with Gasteiger partial charge in [0.05, 0.1) is 18.0 Å². The van der Waals surface area contributed by atoms with E-state index in [2.05, 4.69) is 4.90 Å². The Bertz CT molecular complexity index is 539. The fraction of sp³-hybridized carbons (Fsp3) is 0.500. The standard InChI is InChI=1S/C14H19N3O4/c1-21-14(18)10-5-7-16(8-6-10)9-11-3-2-4-12(13(11)15)17(19)20/h2-4,10H,5-9,15H2,1H3. The number of ether oxygens (including phenoxy) is 1. The van der Waals surface area contributed by atoms with E-state index in [9.17, 15) is 14.9 Å². The highest BCUT2D eigenvalue weighted by Crippen LogP contribution is 2.27. The molecule has 0 aliphatic carbocycles. The fourth-order valence-electron chi connectivity index (χ4n) is 2.63. The lowest BCUT2D eigenvalue weighted by Crippen LogP contribution is -2.36. The van der Waals surface area contributed by atoms with Gasteiger partial charge in [0.15, 0.2) is 0 Å². The van der Waals surface area contributed by atoms with Crippen LogP contribution in [-0.4, -0.2) is 36.0 Å². The summed E-state index contributed by atoms with van der Waals surface area (Å²) in [6.07, 6.45) is 1.48. The molecule has 2 rings (SSSR count). The zero-order valence-corrected chi connectivity index (χ0v) is 11.9. The highest BCUT2D eigenvalue weighted by Gasteiger charge is 2.26. The van der Waals surface area contributed by atoms with E-state index in [-0.39, 0.29) is 23.3 Å². The van der Waals surface area contributed by atoms with Crippen molar-refractivity contribution in [2.75, 3.05) is 25.9 Å². The Balaban J connectivity index is 1.99. The summed E-state index contributed by atoms with van der Waals surface area (Å²) in [6, 6.07) is 4.85. The van der Waals surface area contributed by atoms with E-state index in [0.29, 0.717) is 6.54 Å². The summed E-state index contributed by atoms with van der Waals surface area (Å²) >= 11 is 0. The Morgan fingerprint density at radius 1 is 1.48 bits per heavy atom. The molecule has 1 aromatic carbocycles. The van der Waals surface area contributed by atoms with Gasteiger partial charge >= 0.3 is 5.97 Å². The van der Waals surface area contributed by atoms with Crippen molar-refractivity contribution in [3.05, 3.63) is 33.9 Å². The van der Waals surface area contributed by atoms with Gasteiger partial charge in [0, 0.05) is 12.6 Å². The first-order valence-corrected chi connectivity index (χ1v) is 6.85. The molecule has 1 aliphatic heterocycles. The van der Waals surface area contributed by atoms with Crippen LogP contribution in [0, 0.1) is 16.0 Å². The lowest BCUT2D eigenvalue weighted by Gasteiger charge is -2.30. The summed E-state index contributed by atoms with van der Waals surface area (Å²) in [5.74, 6) is -0.210. The van der Waals surface area contributed by atoms with Crippen molar-refractivity contribution in [2.45, 2.75) is 19.4 Å². The van der Waals surface area contributed by atoms with E-state index >= 15 is 0 Å². The van der Waals surface area contributed by atoms with Crippen molar-refractivity contribution >= 4 is 17.3 Å².